The van der Waals surface area contributed by atoms with Crippen molar-refractivity contribution in [2.75, 3.05) is 6.54 Å². The molecule has 0 amide bonds. The van der Waals surface area contributed by atoms with Crippen LogP contribution in [0.25, 0.3) is 0 Å². The highest BCUT2D eigenvalue weighted by atomic mass is 79.9. The van der Waals surface area contributed by atoms with Gasteiger partial charge < -0.3 is 5.32 Å². The second kappa shape index (κ2) is 6.21. The van der Waals surface area contributed by atoms with Crippen LogP contribution in [0.5, 0.6) is 0 Å². The van der Waals surface area contributed by atoms with Gasteiger partial charge in [-0.05, 0) is 42.6 Å². The van der Waals surface area contributed by atoms with Gasteiger partial charge in [0.1, 0.15) is 0 Å². The largest absolute Gasteiger partial charge is 0.310 e. The van der Waals surface area contributed by atoms with Crippen molar-refractivity contribution in [2.24, 2.45) is 5.92 Å². The van der Waals surface area contributed by atoms with E-state index in [9.17, 15) is 0 Å². The molecule has 1 aromatic carbocycles. The molecule has 94 valence electrons. The minimum absolute atomic E-state index is 0.429. The van der Waals surface area contributed by atoms with Crippen LogP contribution >= 0.6 is 27.5 Å². The fourth-order valence-electron chi connectivity index (χ4n) is 2.41. The Morgan fingerprint density at radius 2 is 2.24 bits per heavy atom. The van der Waals surface area contributed by atoms with Crippen LogP contribution in [-0.4, -0.2) is 6.54 Å². The van der Waals surface area contributed by atoms with E-state index in [0.29, 0.717) is 6.04 Å². The first-order chi connectivity index (χ1) is 8.20. The van der Waals surface area contributed by atoms with Gasteiger partial charge in [-0.1, -0.05) is 53.7 Å². The Morgan fingerprint density at radius 3 is 2.82 bits per heavy atom. The molecule has 0 aliphatic heterocycles. The van der Waals surface area contributed by atoms with Crippen molar-refractivity contribution < 1.29 is 0 Å². The van der Waals surface area contributed by atoms with E-state index in [0.717, 1.165) is 22.0 Å². The highest BCUT2D eigenvalue weighted by Gasteiger charge is 2.23. The Morgan fingerprint density at radius 1 is 1.47 bits per heavy atom. The van der Waals surface area contributed by atoms with E-state index in [4.69, 9.17) is 11.6 Å². The SMILES string of the molecule is CCNC(CC1CCC1)c1cc(Cl)ccc1Br. The molecule has 17 heavy (non-hydrogen) atoms. The minimum atomic E-state index is 0.429. The molecule has 1 N–H and O–H groups in total. The number of hydrogen-bond donors (Lipinski definition) is 1. The quantitative estimate of drug-likeness (QED) is 0.811. The van der Waals surface area contributed by atoms with Crippen molar-refractivity contribution in [2.45, 2.75) is 38.6 Å². The van der Waals surface area contributed by atoms with Crippen LogP contribution in [0.4, 0.5) is 0 Å². The summed E-state index contributed by atoms with van der Waals surface area (Å²) in [6, 6.07) is 6.49. The van der Waals surface area contributed by atoms with Gasteiger partial charge in [-0.3, -0.25) is 0 Å². The van der Waals surface area contributed by atoms with Crippen molar-refractivity contribution >= 4 is 27.5 Å². The molecule has 3 heteroatoms. The third-order valence-electron chi connectivity index (χ3n) is 3.58. The van der Waals surface area contributed by atoms with Crippen molar-refractivity contribution in [1.29, 1.82) is 0 Å². The van der Waals surface area contributed by atoms with Gasteiger partial charge in [0.15, 0.2) is 0 Å². The first kappa shape index (κ1) is 13.4. The fraction of sp³-hybridized carbons (Fsp3) is 0.571. The van der Waals surface area contributed by atoms with E-state index in [-0.39, 0.29) is 0 Å². The van der Waals surface area contributed by atoms with Crippen LogP contribution in [0, 0.1) is 5.92 Å². The maximum absolute atomic E-state index is 6.10. The smallest absolute Gasteiger partial charge is 0.0410 e. The van der Waals surface area contributed by atoms with Gasteiger partial charge >= 0.3 is 0 Å². The predicted molar refractivity (Wildman–Crippen MR) is 77.5 cm³/mol. The minimum Gasteiger partial charge on any atom is -0.310 e. The third-order valence-corrected chi connectivity index (χ3v) is 4.54. The van der Waals surface area contributed by atoms with Crippen LogP contribution in [0.15, 0.2) is 22.7 Å². The van der Waals surface area contributed by atoms with Crippen LogP contribution in [0.1, 0.15) is 44.2 Å². The molecular formula is C14H19BrClN. The molecular weight excluding hydrogens is 298 g/mol. The molecule has 1 unspecified atom stereocenters. The van der Waals surface area contributed by atoms with Gasteiger partial charge in [-0.25, -0.2) is 0 Å². The average Bonchev–Trinajstić information content (AvgIpc) is 2.25. The van der Waals surface area contributed by atoms with E-state index in [1.165, 1.54) is 31.2 Å². The second-order valence-corrected chi connectivity index (χ2v) is 6.10. The van der Waals surface area contributed by atoms with E-state index in [1.807, 2.05) is 12.1 Å². The normalized spacial score (nSPS) is 17.8. The molecule has 1 saturated carbocycles. The van der Waals surface area contributed by atoms with E-state index >= 15 is 0 Å². The summed E-state index contributed by atoms with van der Waals surface area (Å²) in [5.41, 5.74) is 1.30. The Labute approximate surface area is 117 Å². The zero-order valence-corrected chi connectivity index (χ0v) is 12.5. The zero-order chi connectivity index (χ0) is 12.3. The van der Waals surface area contributed by atoms with Crippen molar-refractivity contribution in [3.8, 4) is 0 Å². The lowest BCUT2D eigenvalue weighted by atomic mass is 9.79. The highest BCUT2D eigenvalue weighted by molar-refractivity contribution is 9.10. The summed E-state index contributed by atoms with van der Waals surface area (Å²) in [7, 11) is 0. The number of hydrogen-bond acceptors (Lipinski definition) is 1. The summed E-state index contributed by atoms with van der Waals surface area (Å²) < 4.78 is 1.16. The Bertz CT molecular complexity index is 376. The molecule has 2 rings (SSSR count). The van der Waals surface area contributed by atoms with Gasteiger partial charge in [-0.2, -0.15) is 0 Å². The topological polar surface area (TPSA) is 12.0 Å². The maximum atomic E-state index is 6.10. The third kappa shape index (κ3) is 3.46. The van der Waals surface area contributed by atoms with Crippen molar-refractivity contribution in [3.05, 3.63) is 33.3 Å². The number of halogens is 2. The van der Waals surface area contributed by atoms with Crippen LogP contribution in [0.2, 0.25) is 5.02 Å². The number of benzene rings is 1. The molecule has 1 nitrogen and oxygen atoms in total. The summed E-state index contributed by atoms with van der Waals surface area (Å²) in [6.45, 7) is 3.16. The van der Waals surface area contributed by atoms with E-state index in [2.05, 4.69) is 34.2 Å². The van der Waals surface area contributed by atoms with Gasteiger partial charge in [0, 0.05) is 15.5 Å². The van der Waals surface area contributed by atoms with Gasteiger partial charge in [0.25, 0.3) is 0 Å². The summed E-state index contributed by atoms with van der Waals surface area (Å²) in [5, 5.41) is 4.40. The van der Waals surface area contributed by atoms with E-state index in [1.54, 1.807) is 0 Å². The lowest BCUT2D eigenvalue weighted by molar-refractivity contribution is 0.262. The molecule has 0 saturated heterocycles. The lowest BCUT2D eigenvalue weighted by Gasteiger charge is -2.30. The Balaban J connectivity index is 2.14. The van der Waals surface area contributed by atoms with Gasteiger partial charge in [-0.15, -0.1) is 0 Å². The molecule has 1 aliphatic carbocycles. The molecule has 0 bridgehead atoms. The summed E-state index contributed by atoms with van der Waals surface area (Å²) in [5.74, 6) is 0.893. The van der Waals surface area contributed by atoms with Crippen molar-refractivity contribution in [1.82, 2.24) is 5.32 Å². The molecule has 1 atom stereocenters. The average molecular weight is 317 g/mol. The van der Waals surface area contributed by atoms with Crippen molar-refractivity contribution in [3.63, 3.8) is 0 Å². The summed E-state index contributed by atoms with van der Waals surface area (Å²) in [6.07, 6.45) is 5.41. The standard InChI is InChI=1S/C14H19BrClN/c1-2-17-14(8-10-4-3-5-10)12-9-11(16)6-7-13(12)15/h6-7,9-10,14,17H,2-5,8H2,1H3. The fourth-order valence-corrected chi connectivity index (χ4v) is 3.11. The monoisotopic (exact) mass is 315 g/mol. The second-order valence-electron chi connectivity index (χ2n) is 4.81. The first-order valence-corrected chi connectivity index (χ1v) is 7.56. The maximum Gasteiger partial charge on any atom is 0.0410 e. The molecule has 0 heterocycles. The van der Waals surface area contributed by atoms with Crippen LogP contribution in [-0.2, 0) is 0 Å². The molecule has 0 radical (unpaired) electrons. The Kier molecular flexibility index (Phi) is 4.89. The summed E-state index contributed by atoms with van der Waals surface area (Å²) in [4.78, 5) is 0. The lowest BCUT2D eigenvalue weighted by Crippen LogP contribution is -2.26. The van der Waals surface area contributed by atoms with E-state index < -0.39 is 0 Å². The Hall–Kier alpha value is -0.0500. The predicted octanol–water partition coefficient (Wildman–Crippen LogP) is 4.94. The molecule has 0 aromatic heterocycles. The molecule has 1 aliphatic rings. The van der Waals surface area contributed by atoms with Crippen LogP contribution < -0.4 is 5.32 Å². The van der Waals surface area contributed by atoms with Gasteiger partial charge in [0.05, 0.1) is 0 Å². The molecule has 0 spiro atoms. The zero-order valence-electron chi connectivity index (χ0n) is 10.2. The first-order valence-electron chi connectivity index (χ1n) is 6.39. The highest BCUT2D eigenvalue weighted by Crippen LogP contribution is 2.37. The molecule has 1 fully saturated rings. The molecule has 1 aromatic rings. The van der Waals surface area contributed by atoms with Crippen LogP contribution in [0.3, 0.4) is 0 Å². The van der Waals surface area contributed by atoms with Gasteiger partial charge in [0.2, 0.25) is 0 Å². The number of rotatable bonds is 5. The number of nitrogens with one attached hydrogen (secondary N) is 1. The summed E-state index contributed by atoms with van der Waals surface area (Å²) >= 11 is 9.73.